The van der Waals surface area contributed by atoms with E-state index in [1.807, 2.05) is 0 Å². The van der Waals surface area contributed by atoms with Crippen molar-refractivity contribution in [1.82, 2.24) is 0 Å². The van der Waals surface area contributed by atoms with Crippen LogP contribution in [0.5, 0.6) is 0 Å². The van der Waals surface area contributed by atoms with Crippen molar-refractivity contribution < 1.29 is 0 Å². The number of hydrogen-bond donors (Lipinski definition) is 1. The Labute approximate surface area is 95.1 Å². The second-order valence-electron chi connectivity index (χ2n) is 4.59. The van der Waals surface area contributed by atoms with Gasteiger partial charge in [0.1, 0.15) is 0 Å². The molecule has 0 spiro atoms. The summed E-state index contributed by atoms with van der Waals surface area (Å²) in [6.45, 7) is 0. The highest BCUT2D eigenvalue weighted by atomic mass is 28.2. The van der Waals surface area contributed by atoms with Crippen molar-refractivity contribution in [2.45, 2.75) is 37.6 Å². The minimum Gasteiger partial charge on any atom is -0.389 e. The van der Waals surface area contributed by atoms with Crippen molar-refractivity contribution in [2.75, 3.05) is 11.5 Å². The maximum absolute atomic E-state index is 3.55. The summed E-state index contributed by atoms with van der Waals surface area (Å²) in [5.41, 5.74) is 2.41. The highest BCUT2D eigenvalue weighted by Gasteiger charge is 2.12. The van der Waals surface area contributed by atoms with Crippen molar-refractivity contribution in [1.29, 1.82) is 0 Å². The summed E-state index contributed by atoms with van der Waals surface area (Å²) < 4.78 is 0. The van der Waals surface area contributed by atoms with Gasteiger partial charge in [0.15, 0.2) is 0 Å². The van der Waals surface area contributed by atoms with Gasteiger partial charge in [-0.3, -0.25) is 0 Å². The molecule has 15 heavy (non-hydrogen) atoms. The molecule has 2 rings (SSSR count). The molecule has 1 nitrogen and oxygen atoms in total. The first-order valence-electron chi connectivity index (χ1n) is 6.24. The van der Waals surface area contributed by atoms with Crippen LogP contribution >= 0.6 is 0 Å². The van der Waals surface area contributed by atoms with Gasteiger partial charge in [0, 0.05) is 21.4 Å². The molecule has 82 valence electrons. The Morgan fingerprint density at radius 1 is 1.07 bits per heavy atom. The summed E-state index contributed by atoms with van der Waals surface area (Å²) in [5, 5.41) is 3.55. The van der Waals surface area contributed by atoms with Crippen molar-refractivity contribution in [3.8, 4) is 0 Å². The van der Waals surface area contributed by atoms with Gasteiger partial charge in [0.05, 0.1) is 0 Å². The number of rotatable bonds is 4. The summed E-state index contributed by atoms with van der Waals surface area (Å²) in [6.07, 6.45) is 8.77. The second kappa shape index (κ2) is 5.96. The quantitative estimate of drug-likeness (QED) is 0.768. The summed E-state index contributed by atoms with van der Waals surface area (Å²) in [6, 6.07) is 10.6. The van der Waals surface area contributed by atoms with E-state index in [9.17, 15) is 0 Å². The molecule has 0 atom stereocenters. The molecule has 1 aliphatic rings. The highest BCUT2D eigenvalue weighted by molar-refractivity contribution is 6.38. The van der Waals surface area contributed by atoms with Gasteiger partial charge in [-0.25, -0.2) is 0 Å². The summed E-state index contributed by atoms with van der Waals surface area (Å²) in [7, 11) is 0.111. The maximum atomic E-state index is 3.55. The lowest BCUT2D eigenvalue weighted by Crippen LogP contribution is -2.17. The van der Waals surface area contributed by atoms with E-state index in [2.05, 4.69) is 35.6 Å². The number of hydrogen-bond acceptors (Lipinski definition) is 1. The van der Waals surface area contributed by atoms with Crippen LogP contribution in [0.3, 0.4) is 0 Å². The molecule has 1 N–H and O–H groups in total. The van der Waals surface area contributed by atoms with Crippen LogP contribution in [0.15, 0.2) is 30.3 Å². The third kappa shape index (κ3) is 3.71. The fourth-order valence-corrected chi connectivity index (χ4v) is 4.45. The van der Waals surface area contributed by atoms with Crippen LogP contribution in [0.4, 0.5) is 5.69 Å². The van der Waals surface area contributed by atoms with Crippen LogP contribution in [0, 0.1) is 0 Å². The molecule has 0 heterocycles. The Morgan fingerprint density at radius 2 is 1.80 bits per heavy atom. The molecule has 0 aromatic heterocycles. The zero-order valence-corrected chi connectivity index (χ0v) is 10.8. The largest absolute Gasteiger partial charge is 0.389 e. The molecule has 0 radical (unpaired) electrons. The van der Waals surface area contributed by atoms with Gasteiger partial charge in [-0.1, -0.05) is 50.3 Å². The lowest BCUT2D eigenvalue weighted by atomic mass is 10.0. The van der Waals surface area contributed by atoms with Gasteiger partial charge < -0.3 is 5.32 Å². The van der Waals surface area contributed by atoms with Crippen LogP contribution < -0.4 is 5.32 Å². The Hall–Kier alpha value is -0.763. The zero-order chi connectivity index (χ0) is 10.3. The molecule has 2 heteroatoms. The van der Waals surface area contributed by atoms with Crippen LogP contribution in [-0.4, -0.2) is 15.7 Å². The van der Waals surface area contributed by atoms with Crippen LogP contribution in [0.2, 0.25) is 5.54 Å². The lowest BCUT2D eigenvalue weighted by Gasteiger charge is -2.21. The molecule has 0 saturated heterocycles. The van der Waals surface area contributed by atoms with Crippen LogP contribution in [0.1, 0.15) is 32.1 Å². The fraction of sp³-hybridized carbons (Fsp3) is 0.538. The number of benzene rings is 1. The molecule has 1 aromatic carbocycles. The second-order valence-corrected chi connectivity index (χ2v) is 6.82. The zero-order valence-electron chi connectivity index (χ0n) is 9.41. The molecule has 0 amide bonds. The minimum atomic E-state index is 0.111. The van der Waals surface area contributed by atoms with E-state index in [4.69, 9.17) is 0 Å². The van der Waals surface area contributed by atoms with E-state index in [0.29, 0.717) is 0 Å². The standard InChI is InChI=1S/C13H21NSi/c1-3-7-12(8-4-1)14-11-15-13-9-5-2-6-10-13/h1,3-4,7-8,13-14H,2,5-6,9-11,15H2. The molecule has 0 unspecified atom stereocenters. The Bertz CT molecular complexity index is 267. The topological polar surface area (TPSA) is 12.0 Å². The van der Waals surface area contributed by atoms with Crippen LogP contribution in [-0.2, 0) is 0 Å². The predicted molar refractivity (Wildman–Crippen MR) is 70.3 cm³/mol. The molecule has 0 aliphatic heterocycles. The Morgan fingerprint density at radius 3 is 2.53 bits per heavy atom. The van der Waals surface area contributed by atoms with E-state index >= 15 is 0 Å². The fourth-order valence-electron chi connectivity index (χ4n) is 2.45. The average molecular weight is 219 g/mol. The molecule has 1 saturated carbocycles. The van der Waals surface area contributed by atoms with Crippen LogP contribution in [0.25, 0.3) is 0 Å². The maximum Gasteiger partial charge on any atom is 0.0463 e. The molecular weight excluding hydrogens is 198 g/mol. The van der Waals surface area contributed by atoms with Crippen molar-refractivity contribution in [3.05, 3.63) is 30.3 Å². The van der Waals surface area contributed by atoms with Gasteiger partial charge in [-0.2, -0.15) is 0 Å². The first-order valence-corrected chi connectivity index (χ1v) is 8.06. The van der Waals surface area contributed by atoms with E-state index in [0.717, 1.165) is 5.54 Å². The third-order valence-electron chi connectivity index (χ3n) is 3.38. The SMILES string of the molecule is c1ccc(NC[SiH2]C2CCCCC2)cc1. The van der Waals surface area contributed by atoms with E-state index < -0.39 is 0 Å². The normalized spacial score (nSPS) is 18.4. The van der Waals surface area contributed by atoms with Gasteiger partial charge in [-0.15, -0.1) is 0 Å². The monoisotopic (exact) mass is 219 g/mol. The Kier molecular flexibility index (Phi) is 4.27. The van der Waals surface area contributed by atoms with E-state index in [1.54, 1.807) is 0 Å². The third-order valence-corrected chi connectivity index (χ3v) is 5.55. The Balaban J connectivity index is 1.66. The van der Waals surface area contributed by atoms with Gasteiger partial charge in [-0.05, 0) is 17.7 Å². The number of nitrogens with one attached hydrogen (secondary N) is 1. The molecule has 1 aliphatic carbocycles. The van der Waals surface area contributed by atoms with Crippen molar-refractivity contribution in [2.24, 2.45) is 0 Å². The van der Waals surface area contributed by atoms with E-state index in [-0.39, 0.29) is 9.52 Å². The van der Waals surface area contributed by atoms with Crippen molar-refractivity contribution in [3.63, 3.8) is 0 Å². The smallest absolute Gasteiger partial charge is 0.0463 e. The molecule has 1 aromatic rings. The molecule has 0 bridgehead atoms. The number of anilines is 1. The highest BCUT2D eigenvalue weighted by Crippen LogP contribution is 2.27. The van der Waals surface area contributed by atoms with Crippen molar-refractivity contribution >= 4 is 15.2 Å². The lowest BCUT2D eigenvalue weighted by molar-refractivity contribution is 0.500. The number of para-hydroxylation sites is 1. The van der Waals surface area contributed by atoms with E-state index in [1.165, 1.54) is 44.0 Å². The predicted octanol–water partition coefficient (Wildman–Crippen LogP) is 2.98. The molecule has 1 fully saturated rings. The summed E-state index contributed by atoms with van der Waals surface area (Å²) >= 11 is 0. The first-order chi connectivity index (χ1) is 7.45. The minimum absolute atomic E-state index is 0.111. The van der Waals surface area contributed by atoms with Gasteiger partial charge in [0.2, 0.25) is 0 Å². The molecular formula is C13H21NSi. The first kappa shape index (κ1) is 10.7. The van der Waals surface area contributed by atoms with Gasteiger partial charge >= 0.3 is 0 Å². The average Bonchev–Trinajstić information content (AvgIpc) is 2.32. The summed E-state index contributed by atoms with van der Waals surface area (Å²) in [5.74, 6) is 0. The summed E-state index contributed by atoms with van der Waals surface area (Å²) in [4.78, 5) is 0. The van der Waals surface area contributed by atoms with Gasteiger partial charge in [0.25, 0.3) is 0 Å².